The Morgan fingerprint density at radius 3 is 2.95 bits per heavy atom. The van der Waals surface area contributed by atoms with Gasteiger partial charge < -0.3 is 4.40 Å². The molecule has 19 heavy (non-hydrogen) atoms. The van der Waals surface area contributed by atoms with E-state index in [2.05, 4.69) is 39.6 Å². The topological polar surface area (TPSA) is 46.0 Å². The Morgan fingerprint density at radius 1 is 1.05 bits per heavy atom. The highest BCUT2D eigenvalue weighted by Crippen LogP contribution is 2.18. The Hall–Kier alpha value is -2.62. The molecule has 0 radical (unpaired) electrons. The lowest BCUT2D eigenvalue weighted by Gasteiger charge is -2.01. The van der Waals surface area contributed by atoms with E-state index in [0.29, 0.717) is 0 Å². The Morgan fingerprint density at radius 2 is 2.00 bits per heavy atom. The second-order valence-corrected chi connectivity index (χ2v) is 4.33. The van der Waals surface area contributed by atoms with Gasteiger partial charge in [0.25, 0.3) is 0 Å². The van der Waals surface area contributed by atoms with Gasteiger partial charge in [-0.05, 0) is 42.3 Å². The van der Waals surface area contributed by atoms with Crippen LogP contribution in [0.1, 0.15) is 5.69 Å². The van der Waals surface area contributed by atoms with Gasteiger partial charge in [0.15, 0.2) is 0 Å². The number of rotatable bonds is 1. The smallest absolute Gasteiger partial charge is 0.136 e. The molecule has 3 heterocycles. The summed E-state index contributed by atoms with van der Waals surface area (Å²) in [5.41, 5.74) is 4.21. The number of aryl methyl sites for hydroxylation is 1. The van der Waals surface area contributed by atoms with Gasteiger partial charge in [-0.3, -0.25) is 5.10 Å². The highest BCUT2D eigenvalue weighted by atomic mass is 15.1. The summed E-state index contributed by atoms with van der Waals surface area (Å²) in [4.78, 5) is 4.25. The monoisotopic (exact) mass is 250 g/mol. The highest BCUT2D eigenvalue weighted by Gasteiger charge is 1.99. The van der Waals surface area contributed by atoms with Gasteiger partial charge in [-0.1, -0.05) is 12.1 Å². The lowest BCUT2D eigenvalue weighted by Crippen LogP contribution is -1.85. The van der Waals surface area contributed by atoms with Crippen molar-refractivity contribution in [3.63, 3.8) is 0 Å². The first-order valence-corrected chi connectivity index (χ1v) is 6.10. The zero-order valence-electron chi connectivity index (χ0n) is 10.6. The van der Waals surface area contributed by atoms with Crippen molar-refractivity contribution >= 4 is 5.65 Å². The largest absolute Gasteiger partial charge is 0.306 e. The van der Waals surface area contributed by atoms with Crippen LogP contribution in [0.3, 0.4) is 0 Å². The molecular weight excluding hydrogens is 236 g/mol. The van der Waals surface area contributed by atoms with E-state index in [-0.39, 0.29) is 0 Å². The molecule has 0 spiro atoms. The summed E-state index contributed by atoms with van der Waals surface area (Å²) in [6, 6.07) is 12.1. The molecule has 0 aliphatic heterocycles. The summed E-state index contributed by atoms with van der Waals surface area (Å²) < 4.78 is 2.01. The van der Waals surface area contributed by atoms with Crippen molar-refractivity contribution in [2.75, 3.05) is 0 Å². The lowest BCUT2D eigenvalue weighted by molar-refractivity contribution is 0.999. The van der Waals surface area contributed by atoms with Crippen molar-refractivity contribution in [1.82, 2.24) is 19.6 Å². The third kappa shape index (κ3) is 2.47. The SMILES string of the molecule is Cc1cc(-c2ccc3nccn3c2)ccccn[nH]1. The molecule has 4 nitrogen and oxygen atoms in total. The predicted molar refractivity (Wildman–Crippen MR) is 75.1 cm³/mol. The molecule has 94 valence electrons. The first-order chi connectivity index (χ1) is 9.33. The summed E-state index contributed by atoms with van der Waals surface area (Å²) in [6.07, 6.45) is 7.55. The van der Waals surface area contributed by atoms with Crippen LogP contribution in [0.25, 0.3) is 16.8 Å². The van der Waals surface area contributed by atoms with Crippen molar-refractivity contribution < 1.29 is 0 Å². The number of fused-ring (bicyclic) bond motifs is 1. The molecule has 3 aromatic heterocycles. The van der Waals surface area contributed by atoms with E-state index in [1.54, 1.807) is 12.4 Å². The summed E-state index contributed by atoms with van der Waals surface area (Å²) >= 11 is 0. The second-order valence-electron chi connectivity index (χ2n) is 4.33. The molecule has 0 aliphatic rings. The zero-order chi connectivity index (χ0) is 13.1. The molecule has 0 fully saturated rings. The van der Waals surface area contributed by atoms with E-state index in [1.165, 1.54) is 0 Å². The van der Waals surface area contributed by atoms with E-state index in [0.717, 1.165) is 22.5 Å². The number of hydrogen-bond donors (Lipinski definition) is 1. The Kier molecular flexibility index (Phi) is 2.98. The van der Waals surface area contributed by atoms with Crippen molar-refractivity contribution in [3.8, 4) is 11.1 Å². The number of H-pyrrole nitrogens is 1. The van der Waals surface area contributed by atoms with E-state index in [9.17, 15) is 0 Å². The van der Waals surface area contributed by atoms with Gasteiger partial charge in [0.2, 0.25) is 0 Å². The first-order valence-electron chi connectivity index (χ1n) is 6.10. The van der Waals surface area contributed by atoms with Crippen LogP contribution in [-0.4, -0.2) is 19.6 Å². The predicted octanol–water partition coefficient (Wildman–Crippen LogP) is 3.16. The molecule has 1 N–H and O–H groups in total. The molecule has 0 aromatic carbocycles. The highest BCUT2D eigenvalue weighted by molar-refractivity contribution is 5.64. The van der Waals surface area contributed by atoms with Gasteiger partial charge in [-0.15, -0.1) is 0 Å². The van der Waals surface area contributed by atoms with Crippen LogP contribution in [0.15, 0.2) is 61.2 Å². The summed E-state index contributed by atoms with van der Waals surface area (Å²) in [5, 5.41) is 7.04. The van der Waals surface area contributed by atoms with E-state index in [4.69, 9.17) is 0 Å². The molecule has 0 atom stereocenters. The van der Waals surface area contributed by atoms with Crippen LogP contribution in [0.2, 0.25) is 0 Å². The first kappa shape index (κ1) is 11.5. The van der Waals surface area contributed by atoms with Gasteiger partial charge in [-0.25, -0.2) is 4.98 Å². The van der Waals surface area contributed by atoms with Crippen LogP contribution in [0, 0.1) is 6.92 Å². The second kappa shape index (κ2) is 4.94. The van der Waals surface area contributed by atoms with Crippen LogP contribution in [-0.2, 0) is 0 Å². The number of hydrogen-bond acceptors (Lipinski definition) is 2. The van der Waals surface area contributed by atoms with Crippen LogP contribution in [0.4, 0.5) is 0 Å². The fraction of sp³-hybridized carbons (Fsp3) is 0.0667. The molecule has 0 amide bonds. The van der Waals surface area contributed by atoms with Gasteiger partial charge >= 0.3 is 0 Å². The van der Waals surface area contributed by atoms with Gasteiger partial charge in [0.1, 0.15) is 5.65 Å². The van der Waals surface area contributed by atoms with Crippen LogP contribution < -0.4 is 0 Å². The lowest BCUT2D eigenvalue weighted by atomic mass is 10.1. The van der Waals surface area contributed by atoms with E-state index < -0.39 is 0 Å². The molecule has 0 saturated carbocycles. The van der Waals surface area contributed by atoms with E-state index >= 15 is 0 Å². The average molecular weight is 250 g/mol. The number of imidazole rings is 1. The Labute approximate surface area is 111 Å². The van der Waals surface area contributed by atoms with E-state index in [1.807, 2.05) is 35.7 Å². The minimum Gasteiger partial charge on any atom is -0.306 e. The quantitative estimate of drug-likeness (QED) is 0.721. The summed E-state index contributed by atoms with van der Waals surface area (Å²) in [7, 11) is 0. The zero-order valence-corrected chi connectivity index (χ0v) is 10.6. The fourth-order valence-corrected chi connectivity index (χ4v) is 1.98. The Bertz CT molecular complexity index is 753. The molecule has 3 aromatic rings. The third-order valence-corrected chi connectivity index (χ3v) is 2.88. The molecule has 0 bridgehead atoms. The molecule has 0 saturated heterocycles. The molecule has 0 aliphatic carbocycles. The average Bonchev–Trinajstić information content (AvgIpc) is 2.90. The number of nitrogens with one attached hydrogen (secondary N) is 1. The number of nitrogens with zero attached hydrogens (tertiary/aromatic N) is 3. The Balaban J connectivity index is 2.20. The molecule has 3 rings (SSSR count). The molecule has 4 heteroatoms. The van der Waals surface area contributed by atoms with Crippen LogP contribution >= 0.6 is 0 Å². The molecular formula is C15H14N4. The molecule has 0 unspecified atom stereocenters. The van der Waals surface area contributed by atoms with Gasteiger partial charge in [0, 0.05) is 30.5 Å². The number of aromatic nitrogens is 4. The summed E-state index contributed by atoms with van der Waals surface area (Å²) in [6.45, 7) is 1.99. The van der Waals surface area contributed by atoms with Crippen molar-refractivity contribution in [3.05, 3.63) is 66.9 Å². The minimum atomic E-state index is 0.949. The fourth-order valence-electron chi connectivity index (χ4n) is 1.98. The van der Waals surface area contributed by atoms with Crippen molar-refractivity contribution in [2.45, 2.75) is 6.92 Å². The maximum atomic E-state index is 4.25. The van der Waals surface area contributed by atoms with Gasteiger partial charge in [0.05, 0.1) is 0 Å². The van der Waals surface area contributed by atoms with Gasteiger partial charge in [-0.2, -0.15) is 5.10 Å². The number of pyridine rings is 1. The van der Waals surface area contributed by atoms with Crippen molar-refractivity contribution in [2.24, 2.45) is 0 Å². The normalized spacial score (nSPS) is 10.4. The third-order valence-electron chi connectivity index (χ3n) is 2.88. The minimum absolute atomic E-state index is 0.949. The standard InChI is InChI=1S/C15H14N4/c1-12-10-13(4-2-3-7-17-18-12)14-5-6-15-16-8-9-19(15)11-14/h2-11,18H,1H3. The van der Waals surface area contributed by atoms with Crippen LogP contribution in [0.5, 0.6) is 0 Å². The maximum Gasteiger partial charge on any atom is 0.136 e. The van der Waals surface area contributed by atoms with Crippen molar-refractivity contribution in [1.29, 1.82) is 0 Å². The maximum absolute atomic E-state index is 4.25. The number of aromatic amines is 1. The summed E-state index contributed by atoms with van der Waals surface area (Å²) in [5.74, 6) is 0.